The van der Waals surface area contributed by atoms with Crippen molar-refractivity contribution >= 4 is 0 Å². The number of ether oxygens (including phenoxy) is 1. The fourth-order valence-corrected chi connectivity index (χ4v) is 2.36. The molecule has 0 amide bonds. The zero-order valence-electron chi connectivity index (χ0n) is 12.6. The van der Waals surface area contributed by atoms with Gasteiger partial charge in [-0.1, -0.05) is 26.0 Å². The predicted octanol–water partition coefficient (Wildman–Crippen LogP) is 3.03. The summed E-state index contributed by atoms with van der Waals surface area (Å²) in [7, 11) is 2.20. The van der Waals surface area contributed by atoms with Crippen LogP contribution in [0.2, 0.25) is 0 Å². The van der Waals surface area contributed by atoms with Crippen LogP contribution in [0.1, 0.15) is 38.7 Å². The number of benzene rings is 1. The van der Waals surface area contributed by atoms with Crippen molar-refractivity contribution in [3.05, 3.63) is 29.8 Å². The Balaban J connectivity index is 2.26. The molecule has 108 valence electrons. The molecule has 0 aliphatic heterocycles. The van der Waals surface area contributed by atoms with Crippen LogP contribution in [0, 0.1) is 0 Å². The first kappa shape index (κ1) is 16.0. The van der Waals surface area contributed by atoms with Crippen molar-refractivity contribution in [2.75, 3.05) is 20.2 Å². The van der Waals surface area contributed by atoms with E-state index in [1.807, 2.05) is 24.3 Å². The maximum atomic E-state index is 5.76. The molecule has 0 fully saturated rings. The molecule has 0 saturated carbocycles. The second-order valence-corrected chi connectivity index (χ2v) is 5.00. The van der Waals surface area contributed by atoms with Crippen LogP contribution in [0.3, 0.4) is 0 Å². The molecule has 0 atom stereocenters. The number of rotatable bonds is 9. The van der Waals surface area contributed by atoms with Gasteiger partial charge < -0.3 is 15.4 Å². The minimum atomic E-state index is 0.564. The number of hydrogen-bond acceptors (Lipinski definition) is 3. The standard InChI is InChI=1S/C16H28N2O/c1-4-15(5-2)18(3)10-7-11-19-16-9-6-8-14(12-16)13-17/h6,8-9,12,15H,4-5,7,10-11,13,17H2,1-3H3. The van der Waals surface area contributed by atoms with Crippen molar-refractivity contribution in [1.29, 1.82) is 0 Å². The highest BCUT2D eigenvalue weighted by Crippen LogP contribution is 2.13. The van der Waals surface area contributed by atoms with Gasteiger partial charge in [-0.2, -0.15) is 0 Å². The van der Waals surface area contributed by atoms with Gasteiger partial charge in [0.25, 0.3) is 0 Å². The van der Waals surface area contributed by atoms with Gasteiger partial charge in [-0.25, -0.2) is 0 Å². The van der Waals surface area contributed by atoms with E-state index in [2.05, 4.69) is 25.8 Å². The van der Waals surface area contributed by atoms with Gasteiger partial charge in [0.1, 0.15) is 5.75 Å². The molecular weight excluding hydrogens is 236 g/mol. The molecule has 0 spiro atoms. The molecule has 0 radical (unpaired) electrons. The van der Waals surface area contributed by atoms with Crippen LogP contribution in [0.25, 0.3) is 0 Å². The summed E-state index contributed by atoms with van der Waals surface area (Å²) < 4.78 is 5.76. The molecule has 1 rings (SSSR count). The summed E-state index contributed by atoms with van der Waals surface area (Å²) in [6.45, 7) is 6.91. The van der Waals surface area contributed by atoms with Gasteiger partial charge in [0.2, 0.25) is 0 Å². The van der Waals surface area contributed by atoms with E-state index in [0.29, 0.717) is 12.6 Å². The van der Waals surface area contributed by atoms with Crippen molar-refractivity contribution in [2.45, 2.75) is 45.7 Å². The molecule has 0 aliphatic carbocycles. The van der Waals surface area contributed by atoms with Crippen LogP contribution in [-0.4, -0.2) is 31.1 Å². The summed E-state index contributed by atoms with van der Waals surface area (Å²) in [6, 6.07) is 8.72. The highest BCUT2D eigenvalue weighted by atomic mass is 16.5. The highest BCUT2D eigenvalue weighted by Gasteiger charge is 2.09. The first-order valence-electron chi connectivity index (χ1n) is 7.33. The van der Waals surface area contributed by atoms with E-state index in [1.54, 1.807) is 0 Å². The lowest BCUT2D eigenvalue weighted by molar-refractivity contribution is 0.205. The molecule has 0 aromatic heterocycles. The van der Waals surface area contributed by atoms with E-state index in [0.717, 1.165) is 30.9 Å². The van der Waals surface area contributed by atoms with Crippen LogP contribution >= 0.6 is 0 Å². The second-order valence-electron chi connectivity index (χ2n) is 5.00. The minimum absolute atomic E-state index is 0.564. The Morgan fingerprint density at radius 2 is 2.00 bits per heavy atom. The summed E-state index contributed by atoms with van der Waals surface area (Å²) in [6.07, 6.45) is 3.48. The van der Waals surface area contributed by atoms with Gasteiger partial charge >= 0.3 is 0 Å². The van der Waals surface area contributed by atoms with Crippen LogP contribution in [0.4, 0.5) is 0 Å². The van der Waals surface area contributed by atoms with Gasteiger partial charge in [-0.15, -0.1) is 0 Å². The maximum Gasteiger partial charge on any atom is 0.119 e. The monoisotopic (exact) mass is 264 g/mol. The smallest absolute Gasteiger partial charge is 0.119 e. The van der Waals surface area contributed by atoms with Crippen molar-refractivity contribution in [3.8, 4) is 5.75 Å². The van der Waals surface area contributed by atoms with Gasteiger partial charge in [0.05, 0.1) is 6.61 Å². The first-order valence-corrected chi connectivity index (χ1v) is 7.33. The van der Waals surface area contributed by atoms with Crippen molar-refractivity contribution in [2.24, 2.45) is 5.73 Å². The van der Waals surface area contributed by atoms with Gasteiger partial charge in [0.15, 0.2) is 0 Å². The molecule has 2 N–H and O–H groups in total. The van der Waals surface area contributed by atoms with Crippen LogP contribution in [-0.2, 0) is 6.54 Å². The second kappa shape index (κ2) is 8.94. The van der Waals surface area contributed by atoms with Gasteiger partial charge in [0, 0.05) is 19.1 Å². The fraction of sp³-hybridized carbons (Fsp3) is 0.625. The fourth-order valence-electron chi connectivity index (χ4n) is 2.36. The van der Waals surface area contributed by atoms with Crippen LogP contribution in [0.5, 0.6) is 5.75 Å². The van der Waals surface area contributed by atoms with Gasteiger partial charge in [-0.3, -0.25) is 0 Å². The third-order valence-electron chi connectivity index (χ3n) is 3.62. The SMILES string of the molecule is CCC(CC)N(C)CCCOc1cccc(CN)c1. The van der Waals surface area contributed by atoms with Crippen LogP contribution < -0.4 is 10.5 Å². The summed E-state index contributed by atoms with van der Waals surface area (Å²) in [4.78, 5) is 2.43. The Morgan fingerprint density at radius 3 is 2.63 bits per heavy atom. The molecule has 3 nitrogen and oxygen atoms in total. The van der Waals surface area contributed by atoms with E-state index in [9.17, 15) is 0 Å². The highest BCUT2D eigenvalue weighted by molar-refractivity contribution is 5.28. The summed E-state index contributed by atoms with van der Waals surface area (Å²) in [5, 5.41) is 0. The first-order chi connectivity index (χ1) is 9.21. The molecular formula is C16H28N2O. The molecule has 0 unspecified atom stereocenters. The van der Waals surface area contributed by atoms with Crippen molar-refractivity contribution in [1.82, 2.24) is 4.90 Å². The minimum Gasteiger partial charge on any atom is -0.494 e. The third-order valence-corrected chi connectivity index (χ3v) is 3.62. The Labute approximate surface area is 117 Å². The average molecular weight is 264 g/mol. The molecule has 0 bridgehead atoms. The number of nitrogens with two attached hydrogens (primary N) is 1. The van der Waals surface area contributed by atoms with E-state index < -0.39 is 0 Å². The zero-order valence-corrected chi connectivity index (χ0v) is 12.6. The molecule has 0 saturated heterocycles. The molecule has 1 aromatic carbocycles. The summed E-state index contributed by atoms with van der Waals surface area (Å²) in [5.41, 5.74) is 6.73. The van der Waals surface area contributed by atoms with Crippen LogP contribution in [0.15, 0.2) is 24.3 Å². The summed E-state index contributed by atoms with van der Waals surface area (Å²) in [5.74, 6) is 0.924. The maximum absolute atomic E-state index is 5.76. The molecule has 3 heteroatoms. The summed E-state index contributed by atoms with van der Waals surface area (Å²) >= 11 is 0. The largest absolute Gasteiger partial charge is 0.494 e. The van der Waals surface area contributed by atoms with E-state index in [1.165, 1.54) is 12.8 Å². The van der Waals surface area contributed by atoms with E-state index >= 15 is 0 Å². The molecule has 19 heavy (non-hydrogen) atoms. The number of nitrogens with zero attached hydrogens (tertiary/aromatic N) is 1. The normalized spacial score (nSPS) is 11.3. The van der Waals surface area contributed by atoms with E-state index in [-0.39, 0.29) is 0 Å². The Hall–Kier alpha value is -1.06. The van der Waals surface area contributed by atoms with Gasteiger partial charge in [-0.05, 0) is 44.0 Å². The Morgan fingerprint density at radius 1 is 1.26 bits per heavy atom. The zero-order chi connectivity index (χ0) is 14.1. The van der Waals surface area contributed by atoms with E-state index in [4.69, 9.17) is 10.5 Å². The Bertz CT molecular complexity index is 350. The van der Waals surface area contributed by atoms with Crippen molar-refractivity contribution < 1.29 is 4.74 Å². The number of hydrogen-bond donors (Lipinski definition) is 1. The quantitative estimate of drug-likeness (QED) is 0.697. The third kappa shape index (κ3) is 5.62. The molecule has 0 heterocycles. The Kier molecular flexibility index (Phi) is 7.53. The lowest BCUT2D eigenvalue weighted by Crippen LogP contribution is -2.32. The lowest BCUT2D eigenvalue weighted by atomic mass is 10.1. The average Bonchev–Trinajstić information content (AvgIpc) is 2.45. The molecule has 1 aromatic rings. The lowest BCUT2D eigenvalue weighted by Gasteiger charge is -2.25. The van der Waals surface area contributed by atoms with Crippen molar-refractivity contribution in [3.63, 3.8) is 0 Å². The topological polar surface area (TPSA) is 38.5 Å². The predicted molar refractivity (Wildman–Crippen MR) is 81.4 cm³/mol. The molecule has 0 aliphatic rings.